The van der Waals surface area contributed by atoms with Crippen molar-refractivity contribution in [3.63, 3.8) is 0 Å². The Kier molecular flexibility index (Phi) is 3.50. The van der Waals surface area contributed by atoms with E-state index in [0.717, 1.165) is 26.1 Å². The first-order valence-electron chi connectivity index (χ1n) is 4.86. The predicted molar refractivity (Wildman–Crippen MR) is 51.6 cm³/mol. The number of rotatable bonds is 3. The monoisotopic (exact) mass is 171 g/mol. The van der Waals surface area contributed by atoms with Gasteiger partial charge in [-0.05, 0) is 50.2 Å². The summed E-state index contributed by atoms with van der Waals surface area (Å²) in [6.45, 7) is 2.24. The summed E-state index contributed by atoms with van der Waals surface area (Å²) < 4.78 is 0. The van der Waals surface area contributed by atoms with Gasteiger partial charge in [-0.3, -0.25) is 0 Å². The van der Waals surface area contributed by atoms with Gasteiger partial charge in [0.2, 0.25) is 0 Å². The molecule has 1 aliphatic rings. The molecule has 0 aromatic rings. The maximum atomic E-state index is 5.74. The molecule has 0 amide bonds. The normalized spacial score (nSPS) is 28.8. The minimum Gasteiger partial charge on any atom is -0.330 e. The largest absolute Gasteiger partial charge is 0.330 e. The van der Waals surface area contributed by atoms with E-state index in [1.165, 1.54) is 19.3 Å². The highest BCUT2D eigenvalue weighted by atomic mass is 14.7. The third kappa shape index (κ3) is 1.97. The van der Waals surface area contributed by atoms with Crippen LogP contribution >= 0.6 is 0 Å². The highest BCUT2D eigenvalue weighted by molar-refractivity contribution is 4.88. The van der Waals surface area contributed by atoms with E-state index in [-0.39, 0.29) is 5.41 Å². The van der Waals surface area contributed by atoms with Gasteiger partial charge in [0.15, 0.2) is 0 Å². The molecule has 1 rings (SSSR count). The highest BCUT2D eigenvalue weighted by Gasteiger charge is 2.33. The predicted octanol–water partition coefficient (Wildman–Crippen LogP) is 0.0391. The zero-order valence-corrected chi connectivity index (χ0v) is 7.76. The smallest absolute Gasteiger partial charge is 0.000833 e. The molecular weight excluding hydrogens is 150 g/mol. The van der Waals surface area contributed by atoms with Crippen LogP contribution in [0, 0.1) is 11.3 Å². The Morgan fingerprint density at radius 1 is 1.17 bits per heavy atom. The second-order valence-electron chi connectivity index (χ2n) is 4.11. The van der Waals surface area contributed by atoms with Gasteiger partial charge in [0, 0.05) is 0 Å². The third-order valence-corrected chi connectivity index (χ3v) is 3.24. The van der Waals surface area contributed by atoms with Crippen molar-refractivity contribution in [3.05, 3.63) is 0 Å². The van der Waals surface area contributed by atoms with Crippen LogP contribution in [0.15, 0.2) is 0 Å². The Hall–Kier alpha value is -0.120. The summed E-state index contributed by atoms with van der Waals surface area (Å²) in [6.07, 6.45) is 4.83. The minimum atomic E-state index is 0.211. The van der Waals surface area contributed by atoms with Gasteiger partial charge in [0.05, 0.1) is 0 Å². The quantitative estimate of drug-likeness (QED) is 0.561. The molecule has 0 radical (unpaired) electrons. The van der Waals surface area contributed by atoms with Gasteiger partial charge in [-0.15, -0.1) is 0 Å². The van der Waals surface area contributed by atoms with Gasteiger partial charge in [0.25, 0.3) is 0 Å². The first-order valence-corrected chi connectivity index (χ1v) is 4.86. The van der Waals surface area contributed by atoms with E-state index in [4.69, 9.17) is 17.2 Å². The Morgan fingerprint density at radius 3 is 2.33 bits per heavy atom. The van der Waals surface area contributed by atoms with Crippen molar-refractivity contribution >= 4 is 0 Å². The van der Waals surface area contributed by atoms with Crippen LogP contribution in [0.4, 0.5) is 0 Å². The molecule has 0 spiro atoms. The van der Waals surface area contributed by atoms with Crippen LogP contribution < -0.4 is 17.2 Å². The second kappa shape index (κ2) is 4.21. The van der Waals surface area contributed by atoms with E-state index in [1.54, 1.807) is 0 Å². The average Bonchev–Trinajstić information content (AvgIpc) is 2.18. The summed E-state index contributed by atoms with van der Waals surface area (Å²) in [5.74, 6) is 0.658. The van der Waals surface area contributed by atoms with Crippen LogP contribution in [-0.2, 0) is 0 Å². The molecule has 1 saturated carbocycles. The molecule has 0 saturated heterocycles. The summed E-state index contributed by atoms with van der Waals surface area (Å²) in [5.41, 5.74) is 17.4. The van der Waals surface area contributed by atoms with Gasteiger partial charge in [-0.25, -0.2) is 0 Å². The molecule has 1 atom stereocenters. The van der Waals surface area contributed by atoms with Gasteiger partial charge >= 0.3 is 0 Å². The lowest BCUT2D eigenvalue weighted by Gasteiger charge is -2.39. The summed E-state index contributed by atoms with van der Waals surface area (Å²) >= 11 is 0. The van der Waals surface area contributed by atoms with Crippen molar-refractivity contribution in [2.75, 3.05) is 19.6 Å². The fourth-order valence-electron chi connectivity index (χ4n) is 2.24. The van der Waals surface area contributed by atoms with Crippen molar-refractivity contribution in [1.82, 2.24) is 0 Å². The van der Waals surface area contributed by atoms with Gasteiger partial charge in [0.1, 0.15) is 0 Å². The molecular formula is C9H21N3. The van der Waals surface area contributed by atoms with E-state index in [9.17, 15) is 0 Å². The van der Waals surface area contributed by atoms with Gasteiger partial charge < -0.3 is 17.2 Å². The molecule has 1 fully saturated rings. The zero-order valence-electron chi connectivity index (χ0n) is 7.76. The van der Waals surface area contributed by atoms with E-state index in [1.807, 2.05) is 0 Å². The summed E-state index contributed by atoms with van der Waals surface area (Å²) in [4.78, 5) is 0. The molecule has 0 aromatic heterocycles. The Morgan fingerprint density at radius 2 is 1.83 bits per heavy atom. The van der Waals surface area contributed by atoms with Crippen LogP contribution in [0.2, 0.25) is 0 Å². The van der Waals surface area contributed by atoms with E-state index in [0.29, 0.717) is 5.92 Å². The van der Waals surface area contributed by atoms with E-state index in [2.05, 4.69) is 0 Å². The Bertz CT molecular complexity index is 132. The molecule has 12 heavy (non-hydrogen) atoms. The molecule has 0 aliphatic heterocycles. The summed E-state index contributed by atoms with van der Waals surface area (Å²) in [6, 6.07) is 0. The standard InChI is InChI=1S/C9H21N3/c10-5-8-2-1-3-9(4-8,6-11)7-12/h8H,1-7,10-12H2. The highest BCUT2D eigenvalue weighted by Crippen LogP contribution is 2.37. The fraction of sp³-hybridized carbons (Fsp3) is 1.00. The summed E-state index contributed by atoms with van der Waals surface area (Å²) in [5, 5.41) is 0. The molecule has 0 bridgehead atoms. The molecule has 6 N–H and O–H groups in total. The first kappa shape index (κ1) is 9.96. The number of hydrogen-bond donors (Lipinski definition) is 3. The fourth-order valence-corrected chi connectivity index (χ4v) is 2.24. The Balaban J connectivity index is 2.52. The lowest BCUT2D eigenvalue weighted by Crippen LogP contribution is -2.43. The van der Waals surface area contributed by atoms with Crippen molar-refractivity contribution in [1.29, 1.82) is 0 Å². The first-order chi connectivity index (χ1) is 5.76. The summed E-state index contributed by atoms with van der Waals surface area (Å²) in [7, 11) is 0. The topological polar surface area (TPSA) is 78.1 Å². The van der Waals surface area contributed by atoms with Crippen molar-refractivity contribution in [2.45, 2.75) is 25.7 Å². The van der Waals surface area contributed by atoms with Crippen LogP contribution in [0.25, 0.3) is 0 Å². The maximum Gasteiger partial charge on any atom is -0.000833 e. The maximum absolute atomic E-state index is 5.74. The molecule has 0 aromatic carbocycles. The lowest BCUT2D eigenvalue weighted by atomic mass is 9.69. The van der Waals surface area contributed by atoms with Crippen LogP contribution in [0.5, 0.6) is 0 Å². The van der Waals surface area contributed by atoms with E-state index < -0.39 is 0 Å². The number of hydrogen-bond acceptors (Lipinski definition) is 3. The Labute approximate surface area is 74.7 Å². The lowest BCUT2D eigenvalue weighted by molar-refractivity contribution is 0.158. The van der Waals surface area contributed by atoms with Gasteiger partial charge in [-0.2, -0.15) is 0 Å². The van der Waals surface area contributed by atoms with Crippen LogP contribution in [0.1, 0.15) is 25.7 Å². The van der Waals surface area contributed by atoms with Crippen molar-refractivity contribution in [2.24, 2.45) is 28.5 Å². The van der Waals surface area contributed by atoms with E-state index >= 15 is 0 Å². The van der Waals surface area contributed by atoms with Crippen molar-refractivity contribution in [3.8, 4) is 0 Å². The number of nitrogens with two attached hydrogens (primary N) is 3. The van der Waals surface area contributed by atoms with Crippen LogP contribution in [-0.4, -0.2) is 19.6 Å². The second-order valence-corrected chi connectivity index (χ2v) is 4.11. The molecule has 3 heteroatoms. The van der Waals surface area contributed by atoms with Gasteiger partial charge in [-0.1, -0.05) is 6.42 Å². The third-order valence-electron chi connectivity index (χ3n) is 3.24. The average molecular weight is 171 g/mol. The van der Waals surface area contributed by atoms with Crippen LogP contribution in [0.3, 0.4) is 0 Å². The minimum absolute atomic E-state index is 0.211. The molecule has 72 valence electrons. The molecule has 0 heterocycles. The molecule has 1 aliphatic carbocycles. The molecule has 1 unspecified atom stereocenters. The molecule has 3 nitrogen and oxygen atoms in total. The SMILES string of the molecule is NCC1CCCC(CN)(CN)C1. The van der Waals surface area contributed by atoms with Crippen molar-refractivity contribution < 1.29 is 0 Å². The zero-order chi connectivity index (χ0) is 9.03.